The summed E-state index contributed by atoms with van der Waals surface area (Å²) in [7, 11) is 0. The maximum Gasteiger partial charge on any atom is 0.314 e. The number of carboxylic acid groups (broad SMARTS) is 1. The van der Waals surface area contributed by atoms with Crippen LogP contribution in [0.2, 0.25) is 5.02 Å². The molecular formula is C15H17ClO3. The highest BCUT2D eigenvalue weighted by Crippen LogP contribution is 2.53. The van der Waals surface area contributed by atoms with Gasteiger partial charge in [0.15, 0.2) is 0 Å². The number of hydrogen-bond acceptors (Lipinski definition) is 2. The minimum atomic E-state index is -0.773. The number of ether oxygens (including phenoxy) is 1. The lowest BCUT2D eigenvalue weighted by Crippen LogP contribution is -2.21. The van der Waals surface area contributed by atoms with E-state index in [4.69, 9.17) is 16.3 Å². The molecule has 3 nitrogen and oxygen atoms in total. The molecule has 1 N–H and O–H groups in total. The Morgan fingerprint density at radius 1 is 1.47 bits per heavy atom. The number of carbonyl (C=O) groups is 1. The van der Waals surface area contributed by atoms with Crippen molar-refractivity contribution < 1.29 is 14.6 Å². The van der Waals surface area contributed by atoms with E-state index in [1.54, 1.807) is 0 Å². The fourth-order valence-corrected chi connectivity index (χ4v) is 2.77. The number of halogens is 1. The van der Waals surface area contributed by atoms with E-state index in [1.807, 2.05) is 19.1 Å². The fraction of sp³-hybridized carbons (Fsp3) is 0.533. The van der Waals surface area contributed by atoms with Gasteiger partial charge < -0.3 is 9.84 Å². The Morgan fingerprint density at radius 2 is 2.16 bits per heavy atom. The van der Waals surface area contributed by atoms with Crippen molar-refractivity contribution in [2.45, 2.75) is 38.0 Å². The summed E-state index contributed by atoms with van der Waals surface area (Å²) in [6, 6.07) is 3.75. The van der Waals surface area contributed by atoms with E-state index in [0.717, 1.165) is 11.1 Å². The van der Waals surface area contributed by atoms with Crippen LogP contribution in [-0.4, -0.2) is 17.7 Å². The SMILES string of the molecule is Cc1cc(Cl)c(OCC2CC2)c(C2(C(=O)O)CC2)c1. The molecule has 2 fully saturated rings. The van der Waals surface area contributed by atoms with Gasteiger partial charge in [-0.05, 0) is 50.2 Å². The van der Waals surface area contributed by atoms with Crippen molar-refractivity contribution in [3.05, 3.63) is 28.3 Å². The van der Waals surface area contributed by atoms with Crippen LogP contribution in [0.5, 0.6) is 5.75 Å². The van der Waals surface area contributed by atoms with E-state index in [9.17, 15) is 9.90 Å². The average molecular weight is 281 g/mol. The molecule has 3 rings (SSSR count). The van der Waals surface area contributed by atoms with Crippen LogP contribution in [0.1, 0.15) is 36.8 Å². The number of rotatable bonds is 5. The number of benzene rings is 1. The van der Waals surface area contributed by atoms with Crippen LogP contribution in [-0.2, 0) is 10.2 Å². The van der Waals surface area contributed by atoms with E-state index >= 15 is 0 Å². The number of hydrogen-bond donors (Lipinski definition) is 1. The maximum atomic E-state index is 11.5. The van der Waals surface area contributed by atoms with Crippen molar-refractivity contribution >= 4 is 17.6 Å². The minimum absolute atomic E-state index is 0.531. The Balaban J connectivity index is 1.98. The van der Waals surface area contributed by atoms with Crippen LogP contribution >= 0.6 is 11.6 Å². The molecule has 2 saturated carbocycles. The number of aliphatic carboxylic acids is 1. The van der Waals surface area contributed by atoms with Crippen molar-refractivity contribution in [3.8, 4) is 5.75 Å². The van der Waals surface area contributed by atoms with E-state index in [0.29, 0.717) is 36.1 Å². The van der Waals surface area contributed by atoms with Gasteiger partial charge in [0, 0.05) is 5.56 Å². The first-order valence-electron chi connectivity index (χ1n) is 6.70. The Kier molecular flexibility index (Phi) is 2.97. The Hall–Kier alpha value is -1.22. The molecule has 0 saturated heterocycles. The normalized spacial score (nSPS) is 20.1. The molecule has 0 bridgehead atoms. The first-order chi connectivity index (χ1) is 9.03. The van der Waals surface area contributed by atoms with Gasteiger partial charge in [-0.2, -0.15) is 0 Å². The third-order valence-electron chi connectivity index (χ3n) is 4.02. The predicted molar refractivity (Wildman–Crippen MR) is 73.0 cm³/mol. The molecule has 2 aliphatic rings. The van der Waals surface area contributed by atoms with Crippen LogP contribution in [0.4, 0.5) is 0 Å². The monoisotopic (exact) mass is 280 g/mol. The summed E-state index contributed by atoms with van der Waals surface area (Å²) in [5, 5.41) is 9.99. The summed E-state index contributed by atoms with van der Waals surface area (Å²) in [6.45, 7) is 2.57. The lowest BCUT2D eigenvalue weighted by atomic mass is 9.93. The molecule has 102 valence electrons. The van der Waals surface area contributed by atoms with Crippen LogP contribution in [0.3, 0.4) is 0 Å². The second-order valence-corrected chi connectivity index (χ2v) is 6.17. The summed E-state index contributed by atoms with van der Waals surface area (Å²) in [4.78, 5) is 11.5. The second kappa shape index (κ2) is 4.41. The van der Waals surface area contributed by atoms with Gasteiger partial charge in [0.25, 0.3) is 0 Å². The first kappa shape index (κ1) is 12.8. The van der Waals surface area contributed by atoms with Gasteiger partial charge in [0.1, 0.15) is 5.75 Å². The zero-order valence-electron chi connectivity index (χ0n) is 10.9. The van der Waals surface area contributed by atoms with Gasteiger partial charge >= 0.3 is 5.97 Å². The van der Waals surface area contributed by atoms with Crippen LogP contribution in [0.25, 0.3) is 0 Å². The van der Waals surface area contributed by atoms with Gasteiger partial charge in [-0.15, -0.1) is 0 Å². The molecule has 0 amide bonds. The predicted octanol–water partition coefficient (Wildman–Crippen LogP) is 3.55. The third-order valence-corrected chi connectivity index (χ3v) is 4.30. The van der Waals surface area contributed by atoms with Crippen LogP contribution in [0.15, 0.2) is 12.1 Å². The lowest BCUT2D eigenvalue weighted by Gasteiger charge is -2.18. The quantitative estimate of drug-likeness (QED) is 0.897. The van der Waals surface area contributed by atoms with Crippen molar-refractivity contribution in [1.82, 2.24) is 0 Å². The molecular weight excluding hydrogens is 264 g/mol. The zero-order valence-corrected chi connectivity index (χ0v) is 11.7. The van der Waals surface area contributed by atoms with Gasteiger partial charge in [0.05, 0.1) is 17.0 Å². The van der Waals surface area contributed by atoms with E-state index in [-0.39, 0.29) is 0 Å². The third kappa shape index (κ3) is 2.32. The molecule has 19 heavy (non-hydrogen) atoms. The smallest absolute Gasteiger partial charge is 0.314 e. The van der Waals surface area contributed by atoms with Gasteiger partial charge in [-0.3, -0.25) is 4.79 Å². The molecule has 1 aromatic rings. The molecule has 0 unspecified atom stereocenters. The summed E-state index contributed by atoms with van der Waals surface area (Å²) in [5.74, 6) is 0.426. The van der Waals surface area contributed by atoms with E-state index in [1.165, 1.54) is 12.8 Å². The lowest BCUT2D eigenvalue weighted by molar-refractivity contribution is -0.140. The van der Waals surface area contributed by atoms with Crippen molar-refractivity contribution in [1.29, 1.82) is 0 Å². The first-order valence-corrected chi connectivity index (χ1v) is 7.07. The highest BCUT2D eigenvalue weighted by atomic mass is 35.5. The van der Waals surface area contributed by atoms with Crippen LogP contribution < -0.4 is 4.74 Å². The van der Waals surface area contributed by atoms with Gasteiger partial charge in [0.2, 0.25) is 0 Å². The molecule has 0 aliphatic heterocycles. The summed E-state index contributed by atoms with van der Waals surface area (Å²) < 4.78 is 5.83. The molecule has 0 aromatic heterocycles. The van der Waals surface area contributed by atoms with E-state index < -0.39 is 11.4 Å². The molecule has 4 heteroatoms. The molecule has 0 radical (unpaired) electrons. The molecule has 1 aromatic carbocycles. The molecule has 0 heterocycles. The topological polar surface area (TPSA) is 46.5 Å². The summed E-state index contributed by atoms with van der Waals surface area (Å²) in [6.07, 6.45) is 3.73. The molecule has 0 spiro atoms. The molecule has 2 aliphatic carbocycles. The summed E-state index contributed by atoms with van der Waals surface area (Å²) >= 11 is 6.26. The van der Waals surface area contributed by atoms with Crippen LogP contribution in [0, 0.1) is 12.8 Å². The Morgan fingerprint density at radius 3 is 2.68 bits per heavy atom. The minimum Gasteiger partial charge on any atom is -0.491 e. The maximum absolute atomic E-state index is 11.5. The van der Waals surface area contributed by atoms with Gasteiger partial charge in [-0.1, -0.05) is 17.7 Å². The Bertz CT molecular complexity index is 530. The highest BCUT2D eigenvalue weighted by molar-refractivity contribution is 6.32. The molecule has 0 atom stereocenters. The standard InChI is InChI=1S/C15H17ClO3/c1-9-6-11(15(4-5-15)14(17)18)13(12(16)7-9)19-8-10-2-3-10/h6-7,10H,2-5,8H2,1H3,(H,17,18). The van der Waals surface area contributed by atoms with Crippen molar-refractivity contribution in [3.63, 3.8) is 0 Å². The van der Waals surface area contributed by atoms with Gasteiger partial charge in [-0.25, -0.2) is 0 Å². The van der Waals surface area contributed by atoms with Crippen molar-refractivity contribution in [2.75, 3.05) is 6.61 Å². The number of carboxylic acids is 1. The number of aryl methyl sites for hydroxylation is 1. The average Bonchev–Trinajstić information content (AvgIpc) is 3.22. The highest BCUT2D eigenvalue weighted by Gasteiger charge is 2.53. The van der Waals surface area contributed by atoms with E-state index in [2.05, 4.69) is 0 Å². The zero-order chi connectivity index (χ0) is 13.6. The summed E-state index contributed by atoms with van der Waals surface area (Å²) in [5.41, 5.74) is 0.964. The second-order valence-electron chi connectivity index (χ2n) is 5.77. The largest absolute Gasteiger partial charge is 0.491 e. The van der Waals surface area contributed by atoms with Crippen molar-refractivity contribution in [2.24, 2.45) is 5.92 Å². The fourth-order valence-electron chi connectivity index (χ4n) is 2.44. The Labute approximate surface area is 117 Å².